The number of amides is 1. The number of aromatic nitrogens is 1. The van der Waals surface area contributed by atoms with Crippen LogP contribution in [0, 0.1) is 0 Å². The zero-order valence-electron chi connectivity index (χ0n) is 16.4. The van der Waals surface area contributed by atoms with E-state index in [0.717, 1.165) is 9.75 Å². The molecule has 1 aliphatic rings. The zero-order valence-corrected chi connectivity index (χ0v) is 18.9. The summed E-state index contributed by atoms with van der Waals surface area (Å²) in [5.41, 5.74) is 1.68. The maximum absolute atomic E-state index is 13.4. The minimum absolute atomic E-state index is 0.131. The Balaban J connectivity index is 1.66. The molecule has 4 aromatic rings. The van der Waals surface area contributed by atoms with Gasteiger partial charge in [-0.2, -0.15) is 0 Å². The molecule has 1 amide bonds. The molecular formula is C23H17N3O2S3. The molecule has 5 rings (SSSR count). The van der Waals surface area contributed by atoms with Crippen molar-refractivity contribution in [3.63, 3.8) is 0 Å². The SMILES string of the molecule is CC1=C(C(=O)Nc2ccccc2)C(c2cccs2)n2c(s/c(=C\c3cccs3)c2=O)=N1. The van der Waals surface area contributed by atoms with E-state index in [1.54, 1.807) is 15.9 Å². The summed E-state index contributed by atoms with van der Waals surface area (Å²) in [6.07, 6.45) is 1.89. The van der Waals surface area contributed by atoms with Gasteiger partial charge in [0, 0.05) is 15.4 Å². The number of carbonyl (C=O) groups is 1. The summed E-state index contributed by atoms with van der Waals surface area (Å²) < 4.78 is 2.27. The van der Waals surface area contributed by atoms with Gasteiger partial charge in [-0.15, -0.1) is 22.7 Å². The Hall–Kier alpha value is -3.07. The Morgan fingerprint density at radius 2 is 1.84 bits per heavy atom. The summed E-state index contributed by atoms with van der Waals surface area (Å²) in [4.78, 5) is 33.9. The van der Waals surface area contributed by atoms with E-state index in [0.29, 0.717) is 26.3 Å². The fourth-order valence-electron chi connectivity index (χ4n) is 3.55. The molecule has 0 bridgehead atoms. The second-order valence-corrected chi connectivity index (χ2v) is 9.90. The lowest BCUT2D eigenvalue weighted by Crippen LogP contribution is -2.40. The summed E-state index contributed by atoms with van der Waals surface area (Å²) in [6.45, 7) is 1.83. The van der Waals surface area contributed by atoms with Crippen LogP contribution in [0.1, 0.15) is 22.7 Å². The largest absolute Gasteiger partial charge is 0.322 e. The summed E-state index contributed by atoms with van der Waals surface area (Å²) in [6, 6.07) is 16.6. The lowest BCUT2D eigenvalue weighted by molar-refractivity contribution is -0.113. The summed E-state index contributed by atoms with van der Waals surface area (Å²) in [5, 5.41) is 6.89. The highest BCUT2D eigenvalue weighted by Crippen LogP contribution is 2.33. The summed E-state index contributed by atoms with van der Waals surface area (Å²) >= 11 is 4.46. The number of benzene rings is 1. The highest BCUT2D eigenvalue weighted by atomic mass is 32.1. The number of rotatable bonds is 4. The number of anilines is 1. The van der Waals surface area contributed by atoms with E-state index in [4.69, 9.17) is 0 Å². The second-order valence-electron chi connectivity index (χ2n) is 6.93. The fourth-order valence-corrected chi connectivity index (χ4v) is 6.14. The van der Waals surface area contributed by atoms with Crippen molar-refractivity contribution < 1.29 is 4.79 Å². The van der Waals surface area contributed by atoms with E-state index < -0.39 is 6.04 Å². The highest BCUT2D eigenvalue weighted by molar-refractivity contribution is 7.11. The van der Waals surface area contributed by atoms with Crippen LogP contribution >= 0.6 is 34.0 Å². The number of thiophene rings is 2. The van der Waals surface area contributed by atoms with Gasteiger partial charge in [-0.05, 0) is 48.0 Å². The molecule has 0 aliphatic carbocycles. The lowest BCUT2D eigenvalue weighted by Gasteiger charge is -2.24. The van der Waals surface area contributed by atoms with Crippen LogP contribution in [0.5, 0.6) is 0 Å². The average molecular weight is 464 g/mol. The standard InChI is InChI=1S/C23H17N3O2S3/c1-14-19(21(27)25-15-7-3-2-4-8-15)20(17-10-6-12-30-17)26-22(28)18(31-23(26)24-14)13-16-9-5-11-29-16/h2-13,20H,1H3,(H,25,27)/b18-13-. The van der Waals surface area contributed by atoms with E-state index in [1.165, 1.54) is 22.7 Å². The molecule has 0 saturated heterocycles. The Kier molecular flexibility index (Phi) is 5.27. The first-order valence-electron chi connectivity index (χ1n) is 9.57. The first-order valence-corrected chi connectivity index (χ1v) is 12.2. The predicted octanol–water partition coefficient (Wildman–Crippen LogP) is 4.00. The summed E-state index contributed by atoms with van der Waals surface area (Å²) in [5.74, 6) is -0.251. The monoisotopic (exact) mass is 463 g/mol. The van der Waals surface area contributed by atoms with Gasteiger partial charge in [0.1, 0.15) is 6.04 Å². The number of para-hydroxylation sites is 1. The van der Waals surface area contributed by atoms with Gasteiger partial charge in [-0.3, -0.25) is 14.2 Å². The molecule has 154 valence electrons. The highest BCUT2D eigenvalue weighted by Gasteiger charge is 2.33. The molecule has 1 unspecified atom stereocenters. The molecule has 0 radical (unpaired) electrons. The summed E-state index contributed by atoms with van der Waals surface area (Å²) in [7, 11) is 0. The van der Waals surface area contributed by atoms with Gasteiger partial charge in [-0.1, -0.05) is 41.7 Å². The molecule has 1 atom stereocenters. The Bertz CT molecular complexity index is 1440. The van der Waals surface area contributed by atoms with Crippen molar-refractivity contribution in [2.24, 2.45) is 4.99 Å². The molecule has 8 heteroatoms. The third-order valence-electron chi connectivity index (χ3n) is 4.93. The van der Waals surface area contributed by atoms with Crippen molar-refractivity contribution in [1.82, 2.24) is 4.57 Å². The van der Waals surface area contributed by atoms with Crippen molar-refractivity contribution in [3.8, 4) is 0 Å². The first kappa shape index (κ1) is 19.9. The molecule has 0 spiro atoms. The van der Waals surface area contributed by atoms with Gasteiger partial charge >= 0.3 is 0 Å². The van der Waals surface area contributed by atoms with E-state index in [2.05, 4.69) is 10.3 Å². The quantitative estimate of drug-likeness (QED) is 0.497. The van der Waals surface area contributed by atoms with Crippen molar-refractivity contribution >= 4 is 51.7 Å². The van der Waals surface area contributed by atoms with Crippen LogP contribution in [0.15, 0.2) is 86.4 Å². The van der Waals surface area contributed by atoms with Gasteiger partial charge < -0.3 is 5.32 Å². The second kappa shape index (κ2) is 8.22. The third-order valence-corrected chi connectivity index (χ3v) is 7.65. The first-order chi connectivity index (χ1) is 15.1. The molecule has 3 aromatic heterocycles. The van der Waals surface area contributed by atoms with E-state index >= 15 is 0 Å². The zero-order chi connectivity index (χ0) is 21.4. The minimum atomic E-state index is -0.509. The molecule has 31 heavy (non-hydrogen) atoms. The van der Waals surface area contributed by atoms with Crippen molar-refractivity contribution in [2.75, 3.05) is 5.32 Å². The maximum atomic E-state index is 13.4. The van der Waals surface area contributed by atoms with Gasteiger partial charge in [0.05, 0.1) is 15.8 Å². The number of thiazole rings is 1. The minimum Gasteiger partial charge on any atom is -0.322 e. The number of carbonyl (C=O) groups excluding carboxylic acids is 1. The molecular weight excluding hydrogens is 446 g/mol. The number of fused-ring (bicyclic) bond motifs is 1. The normalized spacial score (nSPS) is 16.2. The molecule has 0 fully saturated rings. The van der Waals surface area contributed by atoms with Crippen LogP contribution in [0.25, 0.3) is 6.08 Å². The average Bonchev–Trinajstić information content (AvgIpc) is 3.51. The van der Waals surface area contributed by atoms with Gasteiger partial charge in [0.25, 0.3) is 11.5 Å². The number of hydrogen-bond acceptors (Lipinski definition) is 6. The number of hydrogen-bond donors (Lipinski definition) is 1. The molecule has 1 aromatic carbocycles. The molecule has 4 heterocycles. The number of nitrogens with one attached hydrogen (secondary N) is 1. The third kappa shape index (κ3) is 3.74. The van der Waals surface area contributed by atoms with Crippen molar-refractivity contribution in [1.29, 1.82) is 0 Å². The van der Waals surface area contributed by atoms with Crippen LogP contribution in [0.2, 0.25) is 0 Å². The smallest absolute Gasteiger partial charge is 0.271 e. The van der Waals surface area contributed by atoms with E-state index in [-0.39, 0.29) is 11.5 Å². The van der Waals surface area contributed by atoms with Gasteiger partial charge in [0.15, 0.2) is 4.80 Å². The Morgan fingerprint density at radius 3 is 2.55 bits per heavy atom. The molecule has 5 nitrogen and oxygen atoms in total. The van der Waals surface area contributed by atoms with Crippen LogP contribution < -0.4 is 20.2 Å². The van der Waals surface area contributed by atoms with Gasteiger partial charge in [0.2, 0.25) is 0 Å². The van der Waals surface area contributed by atoms with Crippen molar-refractivity contribution in [2.45, 2.75) is 13.0 Å². The fraction of sp³-hybridized carbons (Fsp3) is 0.0870. The van der Waals surface area contributed by atoms with Crippen LogP contribution in [0.4, 0.5) is 5.69 Å². The van der Waals surface area contributed by atoms with Gasteiger partial charge in [-0.25, -0.2) is 4.99 Å². The number of nitrogens with zero attached hydrogens (tertiary/aromatic N) is 2. The van der Waals surface area contributed by atoms with Crippen LogP contribution in [-0.2, 0) is 4.79 Å². The molecule has 1 N–H and O–H groups in total. The topological polar surface area (TPSA) is 63.5 Å². The van der Waals surface area contributed by atoms with Crippen molar-refractivity contribution in [3.05, 3.63) is 106 Å². The van der Waals surface area contributed by atoms with E-state index in [1.807, 2.05) is 78.4 Å². The Labute approximate surface area is 190 Å². The lowest BCUT2D eigenvalue weighted by atomic mass is 10.0. The van der Waals surface area contributed by atoms with Crippen LogP contribution in [-0.4, -0.2) is 10.5 Å². The van der Waals surface area contributed by atoms with E-state index in [9.17, 15) is 9.59 Å². The van der Waals surface area contributed by atoms with Crippen LogP contribution in [0.3, 0.4) is 0 Å². The Morgan fingerprint density at radius 1 is 1.06 bits per heavy atom. The number of allylic oxidation sites excluding steroid dienone is 1. The molecule has 1 aliphatic heterocycles. The molecule has 0 saturated carbocycles. The maximum Gasteiger partial charge on any atom is 0.271 e. The predicted molar refractivity (Wildman–Crippen MR) is 127 cm³/mol.